The summed E-state index contributed by atoms with van der Waals surface area (Å²) in [6.45, 7) is 5.28. The van der Waals surface area contributed by atoms with E-state index in [9.17, 15) is 5.26 Å². The predicted molar refractivity (Wildman–Crippen MR) is 149 cm³/mol. The van der Waals surface area contributed by atoms with E-state index in [2.05, 4.69) is 68.4 Å². The van der Waals surface area contributed by atoms with Gasteiger partial charge in [0.25, 0.3) is 0 Å². The van der Waals surface area contributed by atoms with Crippen LogP contribution in [0, 0.1) is 23.2 Å². The molecule has 2 aromatic carbocycles. The summed E-state index contributed by atoms with van der Waals surface area (Å²) in [7, 11) is 0. The maximum atomic E-state index is 9.49. The second kappa shape index (κ2) is 15.7. The topological polar surface area (TPSA) is 33.0 Å². The number of nitrogens with zero attached hydrogens (tertiary/aromatic N) is 1. The molecule has 3 rings (SSSR count). The highest BCUT2D eigenvalue weighted by atomic mass is 16.5. The lowest BCUT2D eigenvalue weighted by Gasteiger charge is -2.31. The molecule has 0 aliphatic heterocycles. The Morgan fingerprint density at radius 2 is 1.31 bits per heavy atom. The van der Waals surface area contributed by atoms with Crippen molar-refractivity contribution in [1.82, 2.24) is 0 Å². The highest BCUT2D eigenvalue weighted by Gasteiger charge is 2.27. The fourth-order valence-electron chi connectivity index (χ4n) is 5.69. The maximum Gasteiger partial charge on any atom is 0.119 e. The molecule has 1 saturated carbocycles. The molecule has 2 nitrogen and oxygen atoms in total. The molecule has 1 atom stereocenters. The molecule has 1 aliphatic rings. The normalized spacial score (nSPS) is 18.7. The summed E-state index contributed by atoms with van der Waals surface area (Å²) >= 11 is 0. The van der Waals surface area contributed by atoms with E-state index < -0.39 is 0 Å². The molecule has 35 heavy (non-hydrogen) atoms. The van der Waals surface area contributed by atoms with E-state index in [-0.39, 0.29) is 5.92 Å². The van der Waals surface area contributed by atoms with E-state index in [1.54, 1.807) is 0 Å². The van der Waals surface area contributed by atoms with Crippen molar-refractivity contribution in [2.24, 2.45) is 11.8 Å². The van der Waals surface area contributed by atoms with Crippen LogP contribution in [0.15, 0.2) is 48.5 Å². The largest absolute Gasteiger partial charge is 0.494 e. The average molecular weight is 474 g/mol. The van der Waals surface area contributed by atoms with Crippen LogP contribution >= 0.6 is 0 Å². The lowest BCUT2D eigenvalue weighted by atomic mass is 9.73. The van der Waals surface area contributed by atoms with Crippen LogP contribution < -0.4 is 4.74 Å². The molecule has 2 aromatic rings. The van der Waals surface area contributed by atoms with Crippen molar-refractivity contribution in [3.05, 3.63) is 54.1 Å². The van der Waals surface area contributed by atoms with Crippen molar-refractivity contribution in [2.45, 2.75) is 110 Å². The van der Waals surface area contributed by atoms with Crippen molar-refractivity contribution in [1.29, 1.82) is 5.26 Å². The molecule has 0 bridgehead atoms. The lowest BCUT2D eigenvalue weighted by molar-refractivity contribution is 0.259. The quantitative estimate of drug-likeness (QED) is 0.241. The third-order valence-corrected chi connectivity index (χ3v) is 7.94. The Bertz CT molecular complexity index is 855. The highest BCUT2D eigenvalue weighted by Crippen LogP contribution is 2.40. The first-order valence-corrected chi connectivity index (χ1v) is 14.5. The van der Waals surface area contributed by atoms with Crippen LogP contribution in [0.5, 0.6) is 5.75 Å². The van der Waals surface area contributed by atoms with Crippen LogP contribution in [0.3, 0.4) is 0 Å². The molecule has 0 aromatic heterocycles. The Kier molecular flexibility index (Phi) is 12.2. The second-order valence-electron chi connectivity index (χ2n) is 10.6. The summed E-state index contributed by atoms with van der Waals surface area (Å²) in [4.78, 5) is 0. The lowest BCUT2D eigenvalue weighted by Crippen LogP contribution is -2.20. The maximum absolute atomic E-state index is 9.49. The Labute approximate surface area is 215 Å². The molecular weight excluding hydrogens is 426 g/mol. The van der Waals surface area contributed by atoms with Gasteiger partial charge in [0.1, 0.15) is 5.75 Å². The number of hydrogen-bond acceptors (Lipinski definition) is 2. The van der Waals surface area contributed by atoms with E-state index in [4.69, 9.17) is 4.74 Å². The Morgan fingerprint density at radius 3 is 1.89 bits per heavy atom. The van der Waals surface area contributed by atoms with Gasteiger partial charge in [0.05, 0.1) is 12.7 Å². The van der Waals surface area contributed by atoms with Gasteiger partial charge in [-0.3, -0.25) is 0 Å². The number of rotatable bonds is 15. The number of nitriles is 1. The Hall–Kier alpha value is -2.27. The molecule has 1 fully saturated rings. The van der Waals surface area contributed by atoms with E-state index in [0.717, 1.165) is 31.6 Å². The summed E-state index contributed by atoms with van der Waals surface area (Å²) in [5.74, 6) is 2.49. The first-order chi connectivity index (χ1) is 17.2. The standard InChI is InChI=1S/C33H47NO/c1-3-5-6-7-8-9-10-11-25-35-33-23-21-30(22-24-33)29-15-13-27(14-16-29)28-17-19-31(20-18-28)32(26-34)12-4-2/h13-16,21-24,28,31-32H,3-12,17-20,25H2,1-2H3. The number of ether oxygens (including phenoxy) is 1. The summed E-state index contributed by atoms with van der Waals surface area (Å²) in [6.07, 6.45) is 17.6. The zero-order chi connectivity index (χ0) is 24.7. The van der Waals surface area contributed by atoms with Gasteiger partial charge in [-0.1, -0.05) is 102 Å². The van der Waals surface area contributed by atoms with Crippen LogP contribution in [-0.4, -0.2) is 6.61 Å². The van der Waals surface area contributed by atoms with Gasteiger partial charge in [0.2, 0.25) is 0 Å². The van der Waals surface area contributed by atoms with E-state index in [1.165, 1.54) is 87.3 Å². The molecule has 1 aliphatic carbocycles. The summed E-state index contributed by atoms with van der Waals surface area (Å²) in [5, 5.41) is 9.49. The van der Waals surface area contributed by atoms with Crippen molar-refractivity contribution in [2.75, 3.05) is 6.61 Å². The minimum Gasteiger partial charge on any atom is -0.494 e. The van der Waals surface area contributed by atoms with Crippen molar-refractivity contribution < 1.29 is 4.74 Å². The van der Waals surface area contributed by atoms with Crippen LogP contribution in [0.4, 0.5) is 0 Å². The molecule has 1 unspecified atom stereocenters. The smallest absolute Gasteiger partial charge is 0.119 e. The third kappa shape index (κ3) is 9.03. The van der Waals surface area contributed by atoms with Gasteiger partial charge in [0.15, 0.2) is 0 Å². The van der Waals surface area contributed by atoms with Crippen LogP contribution in [-0.2, 0) is 0 Å². The molecule has 190 valence electrons. The summed E-state index contributed by atoms with van der Waals surface area (Å²) < 4.78 is 5.97. The first kappa shape index (κ1) is 27.3. The molecule has 0 spiro atoms. The molecule has 0 saturated heterocycles. The summed E-state index contributed by atoms with van der Waals surface area (Å²) in [5.41, 5.74) is 3.97. The zero-order valence-electron chi connectivity index (χ0n) is 22.3. The first-order valence-electron chi connectivity index (χ1n) is 14.5. The van der Waals surface area contributed by atoms with Gasteiger partial charge < -0.3 is 4.74 Å². The van der Waals surface area contributed by atoms with Crippen LogP contribution in [0.2, 0.25) is 0 Å². The average Bonchev–Trinajstić information content (AvgIpc) is 2.91. The van der Waals surface area contributed by atoms with E-state index in [1.807, 2.05) is 0 Å². The zero-order valence-corrected chi connectivity index (χ0v) is 22.3. The SMILES string of the molecule is CCCCCCCCCCOc1ccc(-c2ccc(C3CCC(C(C#N)CCC)CC3)cc2)cc1. The predicted octanol–water partition coefficient (Wildman–Crippen LogP) is 10.1. The van der Waals surface area contributed by atoms with E-state index >= 15 is 0 Å². The second-order valence-corrected chi connectivity index (χ2v) is 10.6. The van der Waals surface area contributed by atoms with E-state index in [0.29, 0.717) is 11.8 Å². The third-order valence-electron chi connectivity index (χ3n) is 7.94. The minimum absolute atomic E-state index is 0.260. The summed E-state index contributed by atoms with van der Waals surface area (Å²) in [6, 6.07) is 20.3. The number of unbranched alkanes of at least 4 members (excludes halogenated alkanes) is 7. The minimum atomic E-state index is 0.260. The molecule has 2 heteroatoms. The number of hydrogen-bond donors (Lipinski definition) is 0. The van der Waals surface area contributed by atoms with Crippen LogP contribution in [0.25, 0.3) is 11.1 Å². The Balaban J connectivity index is 1.39. The van der Waals surface area contributed by atoms with Gasteiger partial charge in [-0.15, -0.1) is 0 Å². The number of benzene rings is 2. The fraction of sp³-hybridized carbons (Fsp3) is 0.606. The van der Waals surface area contributed by atoms with Crippen molar-refractivity contribution in [3.63, 3.8) is 0 Å². The van der Waals surface area contributed by atoms with Gasteiger partial charge >= 0.3 is 0 Å². The van der Waals surface area contributed by atoms with Gasteiger partial charge in [-0.25, -0.2) is 0 Å². The highest BCUT2D eigenvalue weighted by molar-refractivity contribution is 5.64. The molecule has 0 heterocycles. The molecule has 0 N–H and O–H groups in total. The van der Waals surface area contributed by atoms with Crippen molar-refractivity contribution >= 4 is 0 Å². The fourth-order valence-corrected chi connectivity index (χ4v) is 5.69. The van der Waals surface area contributed by atoms with Crippen molar-refractivity contribution in [3.8, 4) is 22.9 Å². The molecular formula is C33H47NO. The van der Waals surface area contributed by atoms with Gasteiger partial charge in [0, 0.05) is 5.92 Å². The molecule has 0 radical (unpaired) electrons. The Morgan fingerprint density at radius 1 is 0.743 bits per heavy atom. The molecule has 0 amide bonds. The monoisotopic (exact) mass is 473 g/mol. The van der Waals surface area contributed by atoms with Gasteiger partial charge in [-0.05, 0) is 79.2 Å². The van der Waals surface area contributed by atoms with Crippen LogP contribution in [0.1, 0.15) is 115 Å². The van der Waals surface area contributed by atoms with Gasteiger partial charge in [-0.2, -0.15) is 5.26 Å².